The predicted molar refractivity (Wildman–Crippen MR) is 124 cm³/mol. The van der Waals surface area contributed by atoms with Gasteiger partial charge < -0.3 is 9.11 Å². The van der Waals surface area contributed by atoms with Gasteiger partial charge in [0.25, 0.3) is 0 Å². The van der Waals surface area contributed by atoms with E-state index in [0.717, 1.165) is 0 Å². The van der Waals surface area contributed by atoms with Crippen LogP contribution in [0.15, 0.2) is 105 Å². The van der Waals surface area contributed by atoms with Crippen LogP contribution in [-0.2, 0) is 30.1 Å². The molecule has 0 aromatic heterocycles. The van der Waals surface area contributed by atoms with Gasteiger partial charge in [-0.2, -0.15) is 0 Å². The van der Waals surface area contributed by atoms with Crippen LogP contribution in [0.25, 0.3) is 33.4 Å². The van der Waals surface area contributed by atoms with Gasteiger partial charge >= 0.3 is 37.7 Å². The topological polar surface area (TPSA) is 149 Å². The summed E-state index contributed by atoms with van der Waals surface area (Å²) in [4.78, 5) is -0.572. The molecule has 4 aromatic carbocycles. The zero-order chi connectivity index (χ0) is 25.2. The molecule has 0 saturated heterocycles. The first-order chi connectivity index (χ1) is 16.4. The Hall–Kier alpha value is -2.16. The van der Waals surface area contributed by atoms with Crippen LogP contribution in [0.1, 0.15) is 0 Å². The van der Waals surface area contributed by atoms with Crippen molar-refractivity contribution in [2.75, 3.05) is 0 Å². The molecule has 13 heteroatoms. The van der Waals surface area contributed by atoms with Gasteiger partial charge in [0.15, 0.2) is 0 Å². The monoisotopic (exact) mass is 540 g/mol. The van der Waals surface area contributed by atoms with Crippen LogP contribution in [0, 0.1) is 0 Å². The van der Waals surface area contributed by atoms with E-state index in [1.54, 1.807) is 24.3 Å². The van der Waals surface area contributed by atoms with Crippen LogP contribution in [0.4, 0.5) is 0 Å². The number of hydrogen-bond donors (Lipinski definition) is 0. The van der Waals surface area contributed by atoms with E-state index in [0.29, 0.717) is 33.4 Å². The molecule has 1 heterocycles. The molecular weight excluding hydrogens is 526 g/mol. The van der Waals surface area contributed by atoms with E-state index in [9.17, 15) is 34.4 Å². The first kappa shape index (κ1) is 29.4. The Bertz CT molecular complexity index is 1700. The predicted octanol–water partition coefficient (Wildman–Crippen LogP) is -2.35. The maximum Gasteiger partial charge on any atom is 1.00 e. The standard InChI is InChI=1S/C24H16O8S3.2Li/c25-33(26)23-13-17(15-1-7-19(8-2-15)34(27,28)29)5-11-21(23)22-12-6-18(14-24(22)33)16-3-9-20(10-4-16)35(30,31)32;;/h1-14H,(H,27,28,29)(H,30,31,32);;/q;2*+1/p-2. The van der Waals surface area contributed by atoms with Gasteiger partial charge in [-0.15, -0.1) is 0 Å². The van der Waals surface area contributed by atoms with Gasteiger partial charge in [0.2, 0.25) is 9.84 Å². The zero-order valence-electron chi connectivity index (χ0n) is 19.6. The molecule has 178 valence electrons. The minimum Gasteiger partial charge on any atom is -0.744 e. The molecule has 0 unspecified atom stereocenters. The van der Waals surface area contributed by atoms with E-state index in [1.807, 2.05) is 0 Å². The summed E-state index contributed by atoms with van der Waals surface area (Å²) in [7, 11) is -13.1. The van der Waals surface area contributed by atoms with Gasteiger partial charge in [-0.05, 0) is 58.7 Å². The van der Waals surface area contributed by atoms with Gasteiger partial charge in [-0.1, -0.05) is 48.5 Å². The van der Waals surface area contributed by atoms with Crippen LogP contribution in [0.2, 0.25) is 0 Å². The SMILES string of the molecule is O=S(=O)([O-])c1ccc(-c2ccc3c(c2)S(=O)(=O)c2cc(-c4ccc(S(=O)(=O)[O-])cc4)ccc2-3)cc1.[Li+].[Li+]. The van der Waals surface area contributed by atoms with Crippen molar-refractivity contribution in [3.8, 4) is 33.4 Å². The maximum absolute atomic E-state index is 13.4. The van der Waals surface area contributed by atoms with E-state index in [2.05, 4.69) is 0 Å². The molecule has 0 atom stereocenters. The maximum atomic E-state index is 13.4. The molecule has 1 aliphatic heterocycles. The van der Waals surface area contributed by atoms with Crippen LogP contribution in [0.3, 0.4) is 0 Å². The summed E-state index contributed by atoms with van der Waals surface area (Å²) in [6, 6.07) is 20.2. The molecule has 4 aromatic rings. The summed E-state index contributed by atoms with van der Waals surface area (Å²) in [5, 5.41) is 0. The van der Waals surface area contributed by atoms with Gasteiger partial charge in [0.05, 0.1) is 19.6 Å². The summed E-state index contributed by atoms with van der Waals surface area (Å²) in [6.07, 6.45) is 0. The van der Waals surface area contributed by atoms with Gasteiger partial charge in [-0.3, -0.25) is 0 Å². The summed E-state index contributed by atoms with van der Waals surface area (Å²) < 4.78 is 93.7. The molecule has 8 nitrogen and oxygen atoms in total. The smallest absolute Gasteiger partial charge is 0.744 e. The summed E-state index contributed by atoms with van der Waals surface area (Å²) in [6.45, 7) is 0. The van der Waals surface area contributed by atoms with Crippen LogP contribution in [0.5, 0.6) is 0 Å². The van der Waals surface area contributed by atoms with Crippen molar-refractivity contribution in [2.45, 2.75) is 19.6 Å². The molecule has 5 rings (SSSR count). The van der Waals surface area contributed by atoms with Crippen LogP contribution >= 0.6 is 0 Å². The van der Waals surface area contributed by atoms with Crippen molar-refractivity contribution in [1.29, 1.82) is 0 Å². The Balaban J connectivity index is 0.00000190. The summed E-state index contributed by atoms with van der Waals surface area (Å²) in [5.41, 5.74) is 3.18. The first-order valence-electron chi connectivity index (χ1n) is 10.0. The largest absolute Gasteiger partial charge is 1.00 e. The fourth-order valence-corrected chi connectivity index (χ4v) is 6.72. The fourth-order valence-electron chi connectivity index (χ4n) is 4.04. The van der Waals surface area contributed by atoms with Crippen molar-refractivity contribution in [2.24, 2.45) is 0 Å². The second kappa shape index (κ2) is 10.2. The Morgan fingerprint density at radius 3 is 1.08 bits per heavy atom. The van der Waals surface area contributed by atoms with Crippen molar-refractivity contribution in [1.82, 2.24) is 0 Å². The minimum atomic E-state index is -4.59. The average molecular weight is 540 g/mol. The Kier molecular flexibility index (Phi) is 8.10. The van der Waals surface area contributed by atoms with Gasteiger partial charge in [-0.25, -0.2) is 25.3 Å². The second-order valence-electron chi connectivity index (χ2n) is 7.88. The molecule has 0 radical (unpaired) electrons. The molecule has 0 saturated carbocycles. The van der Waals surface area contributed by atoms with E-state index < -0.39 is 30.1 Å². The number of sulfone groups is 1. The third-order valence-corrected chi connectivity index (χ3v) is 9.32. The minimum absolute atomic E-state index is 0. The third-order valence-electron chi connectivity index (χ3n) is 5.79. The average Bonchev–Trinajstić information content (AvgIpc) is 3.04. The molecule has 0 bridgehead atoms. The summed E-state index contributed by atoms with van der Waals surface area (Å²) in [5.74, 6) is 0. The molecule has 1 aliphatic rings. The Labute approximate surface area is 238 Å². The zero-order valence-corrected chi connectivity index (χ0v) is 22.0. The van der Waals surface area contributed by atoms with Crippen molar-refractivity contribution >= 4 is 30.1 Å². The Morgan fingerprint density at radius 2 is 0.784 bits per heavy atom. The number of benzene rings is 4. The molecule has 0 N–H and O–H groups in total. The van der Waals surface area contributed by atoms with Gasteiger partial charge in [0.1, 0.15) is 20.2 Å². The van der Waals surface area contributed by atoms with Gasteiger partial charge in [0, 0.05) is 11.1 Å². The van der Waals surface area contributed by atoms with Crippen molar-refractivity contribution in [3.63, 3.8) is 0 Å². The fraction of sp³-hybridized carbons (Fsp3) is 0. The molecule has 0 aliphatic carbocycles. The van der Waals surface area contributed by atoms with E-state index in [1.165, 1.54) is 60.7 Å². The normalized spacial score (nSPS) is 13.6. The van der Waals surface area contributed by atoms with Crippen molar-refractivity contribution < 1.29 is 72.1 Å². The number of rotatable bonds is 4. The molecular formula is C24H14Li2O8S3. The molecule has 0 amide bonds. The molecule has 0 fully saturated rings. The second-order valence-corrected chi connectivity index (χ2v) is 12.5. The molecule has 37 heavy (non-hydrogen) atoms. The number of fused-ring (bicyclic) bond motifs is 3. The van der Waals surface area contributed by atoms with E-state index in [4.69, 9.17) is 0 Å². The van der Waals surface area contributed by atoms with E-state index >= 15 is 0 Å². The van der Waals surface area contributed by atoms with Crippen molar-refractivity contribution in [3.05, 3.63) is 84.9 Å². The third kappa shape index (κ3) is 5.38. The number of hydrogen-bond acceptors (Lipinski definition) is 8. The van der Waals surface area contributed by atoms with Crippen LogP contribution < -0.4 is 37.7 Å². The van der Waals surface area contributed by atoms with E-state index in [-0.39, 0.29) is 57.3 Å². The first-order valence-corrected chi connectivity index (χ1v) is 14.3. The Morgan fingerprint density at radius 1 is 0.486 bits per heavy atom. The summed E-state index contributed by atoms with van der Waals surface area (Å²) >= 11 is 0. The quantitative estimate of drug-likeness (QED) is 0.182. The molecule has 0 spiro atoms. The van der Waals surface area contributed by atoms with Crippen LogP contribution in [-0.4, -0.2) is 34.4 Å².